The van der Waals surface area contributed by atoms with Crippen LogP contribution in [-0.2, 0) is 25.1 Å². The fraction of sp³-hybridized carbons (Fsp3) is 0.529. The highest BCUT2D eigenvalue weighted by Crippen LogP contribution is 2.29. The van der Waals surface area contributed by atoms with Crippen LogP contribution in [0.1, 0.15) is 48.0 Å². The largest absolute Gasteiger partial charge is 0.467 e. The summed E-state index contributed by atoms with van der Waals surface area (Å²) in [6.45, 7) is 0. The van der Waals surface area contributed by atoms with Crippen LogP contribution in [0.4, 0.5) is 0 Å². The molecule has 1 N–H and O–H groups in total. The Kier molecular flexibility index (Phi) is 5.64. The number of carbonyl (C=O) groups excluding carboxylic acids is 2. The van der Waals surface area contributed by atoms with E-state index in [0.717, 1.165) is 25.5 Å². The number of benzene rings is 1. The highest BCUT2D eigenvalue weighted by Gasteiger charge is 2.42. The van der Waals surface area contributed by atoms with E-state index in [4.69, 9.17) is 4.74 Å². The van der Waals surface area contributed by atoms with Gasteiger partial charge < -0.3 is 10.1 Å². The third kappa shape index (κ3) is 4.56. The maximum atomic E-state index is 12.5. The number of methoxy groups -OCH3 is 1. The lowest BCUT2D eigenvalue weighted by Gasteiger charge is -2.35. The lowest BCUT2D eigenvalue weighted by Crippen LogP contribution is -2.56. The summed E-state index contributed by atoms with van der Waals surface area (Å²) in [6, 6.07) is 6.37. The average Bonchev–Trinajstić information content (AvgIpc) is 2.54. The summed E-state index contributed by atoms with van der Waals surface area (Å²) >= 11 is 0. The van der Waals surface area contributed by atoms with Crippen molar-refractivity contribution in [2.75, 3.05) is 13.4 Å². The average molecular weight is 353 g/mol. The summed E-state index contributed by atoms with van der Waals surface area (Å²) in [5.41, 5.74) is 0.0469. The number of carbonyl (C=O) groups is 2. The van der Waals surface area contributed by atoms with Gasteiger partial charge in [-0.05, 0) is 30.5 Å². The number of esters is 1. The molecule has 0 saturated heterocycles. The minimum absolute atomic E-state index is 0.0685. The summed E-state index contributed by atoms with van der Waals surface area (Å²) in [6.07, 6.45) is 5.06. The molecular weight excluding hydrogens is 330 g/mol. The van der Waals surface area contributed by atoms with Gasteiger partial charge in [0.05, 0.1) is 12.9 Å². The second-order valence-corrected chi connectivity index (χ2v) is 8.50. The molecule has 0 aliphatic heterocycles. The quantitative estimate of drug-likeness (QED) is 0.816. The summed E-state index contributed by atoms with van der Waals surface area (Å²) in [4.78, 5) is 24.7. The molecule has 1 aromatic rings. The standard InChI is InChI=1S/C17H23NO5S/c1-23-16(20)17(10-4-3-5-11-17)18-15(19)14-8-6-13(7-9-14)12-24(2,21)22/h6-9H,3-5,10-12H2,1-2H3,(H,18,19). The van der Waals surface area contributed by atoms with E-state index in [1.165, 1.54) is 7.11 Å². The lowest BCUT2D eigenvalue weighted by atomic mass is 9.81. The molecule has 6 nitrogen and oxygen atoms in total. The van der Waals surface area contributed by atoms with E-state index in [-0.39, 0.29) is 11.7 Å². The topological polar surface area (TPSA) is 89.5 Å². The van der Waals surface area contributed by atoms with Crippen LogP contribution >= 0.6 is 0 Å². The van der Waals surface area contributed by atoms with Crippen molar-refractivity contribution >= 4 is 21.7 Å². The third-order valence-electron chi connectivity index (χ3n) is 4.28. The Morgan fingerprint density at radius 1 is 1.12 bits per heavy atom. The molecule has 24 heavy (non-hydrogen) atoms. The molecule has 0 radical (unpaired) electrons. The fourth-order valence-electron chi connectivity index (χ4n) is 3.08. The molecule has 2 rings (SSSR count). The first-order chi connectivity index (χ1) is 11.3. The molecule has 0 spiro atoms. The molecule has 0 bridgehead atoms. The van der Waals surface area contributed by atoms with Gasteiger partial charge in [-0.15, -0.1) is 0 Å². The lowest BCUT2D eigenvalue weighted by molar-refractivity contribution is -0.149. The van der Waals surface area contributed by atoms with Crippen LogP contribution in [0.15, 0.2) is 24.3 Å². The van der Waals surface area contributed by atoms with Crippen LogP contribution in [0.25, 0.3) is 0 Å². The van der Waals surface area contributed by atoms with E-state index in [1.807, 2.05) is 0 Å². The second-order valence-electron chi connectivity index (χ2n) is 6.36. The van der Waals surface area contributed by atoms with Crippen molar-refractivity contribution in [3.63, 3.8) is 0 Å². The Morgan fingerprint density at radius 2 is 1.71 bits per heavy atom. The van der Waals surface area contributed by atoms with E-state index >= 15 is 0 Å². The minimum Gasteiger partial charge on any atom is -0.467 e. The molecule has 0 heterocycles. The van der Waals surface area contributed by atoms with Gasteiger partial charge in [0.2, 0.25) is 0 Å². The van der Waals surface area contributed by atoms with Gasteiger partial charge in [0.15, 0.2) is 9.84 Å². The van der Waals surface area contributed by atoms with Crippen LogP contribution in [0.3, 0.4) is 0 Å². The predicted octanol–water partition coefficient (Wildman–Crippen LogP) is 1.84. The highest BCUT2D eigenvalue weighted by atomic mass is 32.2. The zero-order valence-corrected chi connectivity index (χ0v) is 14.8. The van der Waals surface area contributed by atoms with E-state index in [0.29, 0.717) is 24.0 Å². The number of amides is 1. The Bertz CT molecular complexity index is 703. The SMILES string of the molecule is COC(=O)C1(NC(=O)c2ccc(CS(C)(=O)=O)cc2)CCCCC1. The molecule has 1 aliphatic rings. The van der Waals surface area contributed by atoms with Gasteiger partial charge in [-0.1, -0.05) is 31.4 Å². The zero-order valence-electron chi connectivity index (χ0n) is 14.0. The van der Waals surface area contributed by atoms with Crippen LogP contribution in [-0.4, -0.2) is 39.2 Å². The molecule has 0 aromatic heterocycles. The van der Waals surface area contributed by atoms with Crippen LogP contribution in [0.2, 0.25) is 0 Å². The molecule has 1 saturated carbocycles. The van der Waals surface area contributed by atoms with Gasteiger partial charge in [-0.2, -0.15) is 0 Å². The normalized spacial score (nSPS) is 17.1. The van der Waals surface area contributed by atoms with Crippen molar-refractivity contribution in [1.82, 2.24) is 5.32 Å². The van der Waals surface area contributed by atoms with Crippen molar-refractivity contribution in [2.45, 2.75) is 43.4 Å². The molecule has 7 heteroatoms. The zero-order chi connectivity index (χ0) is 17.8. The van der Waals surface area contributed by atoms with Crippen LogP contribution < -0.4 is 5.32 Å². The summed E-state index contributed by atoms with van der Waals surface area (Å²) in [5, 5.41) is 2.84. The molecule has 132 valence electrons. The number of ether oxygens (including phenoxy) is 1. The predicted molar refractivity (Wildman–Crippen MR) is 90.3 cm³/mol. The molecule has 0 atom stereocenters. The van der Waals surface area contributed by atoms with Crippen molar-refractivity contribution < 1.29 is 22.7 Å². The Hall–Kier alpha value is -1.89. The van der Waals surface area contributed by atoms with Gasteiger partial charge in [-0.3, -0.25) is 4.79 Å². The summed E-state index contributed by atoms with van der Waals surface area (Å²) < 4.78 is 27.5. The van der Waals surface area contributed by atoms with Crippen molar-refractivity contribution in [2.24, 2.45) is 0 Å². The number of sulfone groups is 1. The van der Waals surface area contributed by atoms with E-state index in [2.05, 4.69) is 5.32 Å². The first-order valence-electron chi connectivity index (χ1n) is 7.93. The van der Waals surface area contributed by atoms with Crippen molar-refractivity contribution in [3.05, 3.63) is 35.4 Å². The van der Waals surface area contributed by atoms with E-state index in [9.17, 15) is 18.0 Å². The van der Waals surface area contributed by atoms with Crippen molar-refractivity contribution in [1.29, 1.82) is 0 Å². The third-order valence-corrected chi connectivity index (χ3v) is 5.14. The van der Waals surface area contributed by atoms with Crippen LogP contribution in [0, 0.1) is 0 Å². The van der Waals surface area contributed by atoms with Gasteiger partial charge in [0.1, 0.15) is 5.54 Å². The monoisotopic (exact) mass is 353 g/mol. The molecule has 1 fully saturated rings. The van der Waals surface area contributed by atoms with E-state index < -0.39 is 21.3 Å². The highest BCUT2D eigenvalue weighted by molar-refractivity contribution is 7.89. The number of hydrogen-bond acceptors (Lipinski definition) is 5. The molecule has 1 amide bonds. The number of rotatable bonds is 5. The maximum absolute atomic E-state index is 12.5. The minimum atomic E-state index is -3.12. The molecule has 1 aromatic carbocycles. The van der Waals surface area contributed by atoms with Gasteiger partial charge in [-0.25, -0.2) is 13.2 Å². The Balaban J connectivity index is 2.14. The Morgan fingerprint density at radius 3 is 2.21 bits per heavy atom. The van der Waals surface area contributed by atoms with Crippen LogP contribution in [0.5, 0.6) is 0 Å². The first kappa shape index (κ1) is 18.4. The molecular formula is C17H23NO5S. The van der Waals surface area contributed by atoms with Gasteiger partial charge in [0.25, 0.3) is 5.91 Å². The van der Waals surface area contributed by atoms with Crippen molar-refractivity contribution in [3.8, 4) is 0 Å². The Labute approximate surface area is 142 Å². The number of nitrogens with one attached hydrogen (secondary N) is 1. The number of hydrogen-bond donors (Lipinski definition) is 1. The van der Waals surface area contributed by atoms with Gasteiger partial charge in [0, 0.05) is 11.8 Å². The first-order valence-corrected chi connectivity index (χ1v) is 9.99. The summed E-state index contributed by atoms with van der Waals surface area (Å²) in [7, 11) is -1.79. The molecule has 1 aliphatic carbocycles. The smallest absolute Gasteiger partial charge is 0.331 e. The molecule has 0 unspecified atom stereocenters. The van der Waals surface area contributed by atoms with Gasteiger partial charge >= 0.3 is 5.97 Å². The van der Waals surface area contributed by atoms with E-state index in [1.54, 1.807) is 24.3 Å². The fourth-order valence-corrected chi connectivity index (χ4v) is 3.87. The second kappa shape index (κ2) is 7.34. The maximum Gasteiger partial charge on any atom is 0.331 e. The summed E-state index contributed by atoms with van der Waals surface area (Å²) in [5.74, 6) is -0.835.